The standard InChI is InChI=1S/C20H18N2O6/c23-15(12-1-4-16-14(9-12)22-20(25)11-28-16)3-6-19(24)21-13-2-5-17-18(10-13)27-8-7-26-17/h1-2,4-5,9-10H,3,6-8,11H2,(H,21,24)(H,22,25). The predicted molar refractivity (Wildman–Crippen MR) is 100 cm³/mol. The number of rotatable bonds is 5. The molecule has 8 heteroatoms. The van der Waals surface area contributed by atoms with E-state index in [1.807, 2.05) is 0 Å². The van der Waals surface area contributed by atoms with Crippen molar-refractivity contribution in [1.29, 1.82) is 0 Å². The summed E-state index contributed by atoms with van der Waals surface area (Å²) in [7, 11) is 0. The molecule has 2 amide bonds. The summed E-state index contributed by atoms with van der Waals surface area (Å²) in [5.41, 5.74) is 1.45. The van der Waals surface area contributed by atoms with E-state index in [0.717, 1.165) is 0 Å². The number of Topliss-reactive ketones (excluding diaryl/α,β-unsaturated/α-hetero) is 1. The highest BCUT2D eigenvalue weighted by Crippen LogP contribution is 2.32. The molecule has 2 aliphatic heterocycles. The zero-order valence-electron chi connectivity index (χ0n) is 14.9. The minimum Gasteiger partial charge on any atom is -0.486 e. The van der Waals surface area contributed by atoms with E-state index >= 15 is 0 Å². The molecule has 28 heavy (non-hydrogen) atoms. The van der Waals surface area contributed by atoms with Gasteiger partial charge in [-0.05, 0) is 30.3 Å². The Hall–Kier alpha value is -3.55. The summed E-state index contributed by atoms with van der Waals surface area (Å²) >= 11 is 0. The lowest BCUT2D eigenvalue weighted by Gasteiger charge is -2.19. The number of carbonyl (C=O) groups excluding carboxylic acids is 3. The molecule has 2 N–H and O–H groups in total. The number of fused-ring (bicyclic) bond motifs is 2. The Balaban J connectivity index is 1.34. The van der Waals surface area contributed by atoms with Crippen molar-refractivity contribution in [3.8, 4) is 17.2 Å². The van der Waals surface area contributed by atoms with Gasteiger partial charge < -0.3 is 24.8 Å². The Labute approximate surface area is 160 Å². The van der Waals surface area contributed by atoms with E-state index in [4.69, 9.17) is 14.2 Å². The van der Waals surface area contributed by atoms with Gasteiger partial charge in [0.15, 0.2) is 23.9 Å². The lowest BCUT2D eigenvalue weighted by molar-refractivity contribution is -0.118. The van der Waals surface area contributed by atoms with Gasteiger partial charge in [0.2, 0.25) is 5.91 Å². The number of amides is 2. The lowest BCUT2D eigenvalue weighted by Crippen LogP contribution is -2.25. The third-order valence-electron chi connectivity index (χ3n) is 4.34. The number of ketones is 1. The van der Waals surface area contributed by atoms with Crippen LogP contribution in [0.4, 0.5) is 11.4 Å². The second-order valence-corrected chi connectivity index (χ2v) is 6.38. The van der Waals surface area contributed by atoms with Crippen LogP contribution in [0.3, 0.4) is 0 Å². The first-order valence-corrected chi connectivity index (χ1v) is 8.88. The summed E-state index contributed by atoms with van der Waals surface area (Å²) in [4.78, 5) is 36.0. The fraction of sp³-hybridized carbons (Fsp3) is 0.250. The van der Waals surface area contributed by atoms with Crippen molar-refractivity contribution in [2.45, 2.75) is 12.8 Å². The van der Waals surface area contributed by atoms with Crippen molar-refractivity contribution >= 4 is 29.0 Å². The summed E-state index contributed by atoms with van der Waals surface area (Å²) in [5, 5.41) is 5.41. The Morgan fingerprint density at radius 3 is 2.57 bits per heavy atom. The van der Waals surface area contributed by atoms with Crippen molar-refractivity contribution < 1.29 is 28.6 Å². The van der Waals surface area contributed by atoms with Gasteiger partial charge in [-0.2, -0.15) is 0 Å². The van der Waals surface area contributed by atoms with Crippen LogP contribution in [0.15, 0.2) is 36.4 Å². The maximum absolute atomic E-state index is 12.4. The van der Waals surface area contributed by atoms with Crippen LogP contribution in [-0.2, 0) is 9.59 Å². The first kappa shape index (κ1) is 17.8. The van der Waals surface area contributed by atoms with E-state index in [1.54, 1.807) is 36.4 Å². The molecule has 2 aromatic carbocycles. The smallest absolute Gasteiger partial charge is 0.262 e. The number of hydrogen-bond donors (Lipinski definition) is 2. The van der Waals surface area contributed by atoms with Crippen molar-refractivity contribution in [2.75, 3.05) is 30.5 Å². The molecular formula is C20H18N2O6. The number of nitrogens with one attached hydrogen (secondary N) is 2. The topological polar surface area (TPSA) is 103 Å². The van der Waals surface area contributed by atoms with E-state index in [-0.39, 0.29) is 37.0 Å². The summed E-state index contributed by atoms with van der Waals surface area (Å²) < 4.78 is 16.2. The number of anilines is 2. The third kappa shape index (κ3) is 3.90. The number of carbonyl (C=O) groups is 3. The molecule has 0 spiro atoms. The van der Waals surface area contributed by atoms with Crippen LogP contribution < -0.4 is 24.8 Å². The third-order valence-corrected chi connectivity index (χ3v) is 4.34. The van der Waals surface area contributed by atoms with Crippen molar-refractivity contribution in [3.63, 3.8) is 0 Å². The lowest BCUT2D eigenvalue weighted by atomic mass is 10.0. The van der Waals surface area contributed by atoms with Crippen LogP contribution in [0.5, 0.6) is 17.2 Å². The van der Waals surface area contributed by atoms with Crippen LogP contribution in [0.2, 0.25) is 0 Å². The minimum absolute atomic E-state index is 0.0349. The molecule has 144 valence electrons. The van der Waals surface area contributed by atoms with Crippen LogP contribution in [0, 0.1) is 0 Å². The van der Waals surface area contributed by atoms with Gasteiger partial charge in [0.1, 0.15) is 19.0 Å². The van der Waals surface area contributed by atoms with Gasteiger partial charge in [0.25, 0.3) is 5.91 Å². The summed E-state index contributed by atoms with van der Waals surface area (Å²) in [6, 6.07) is 9.97. The molecule has 0 saturated heterocycles. The van der Waals surface area contributed by atoms with Gasteiger partial charge in [0.05, 0.1) is 5.69 Å². The molecule has 0 aliphatic carbocycles. The van der Waals surface area contributed by atoms with Crippen molar-refractivity contribution in [2.24, 2.45) is 0 Å². The van der Waals surface area contributed by atoms with E-state index < -0.39 is 0 Å². The monoisotopic (exact) mass is 382 g/mol. The molecule has 2 aliphatic rings. The summed E-state index contributed by atoms with van der Waals surface area (Å²) in [6.07, 6.45) is 0.0806. The zero-order valence-corrected chi connectivity index (χ0v) is 14.9. The van der Waals surface area contributed by atoms with Gasteiger partial charge in [0, 0.05) is 30.2 Å². The average Bonchev–Trinajstić information content (AvgIpc) is 2.71. The molecular weight excluding hydrogens is 364 g/mol. The van der Waals surface area contributed by atoms with Gasteiger partial charge in [-0.25, -0.2) is 0 Å². The quantitative estimate of drug-likeness (QED) is 0.770. The predicted octanol–water partition coefficient (Wildman–Crippen LogP) is 2.39. The van der Waals surface area contributed by atoms with Crippen molar-refractivity contribution in [3.05, 3.63) is 42.0 Å². The highest BCUT2D eigenvalue weighted by molar-refractivity contribution is 6.02. The minimum atomic E-state index is -0.278. The first-order valence-electron chi connectivity index (χ1n) is 8.88. The molecule has 0 unspecified atom stereocenters. The second-order valence-electron chi connectivity index (χ2n) is 6.38. The van der Waals surface area contributed by atoms with E-state index in [0.29, 0.717) is 47.4 Å². The fourth-order valence-corrected chi connectivity index (χ4v) is 2.97. The zero-order chi connectivity index (χ0) is 19.5. The maximum atomic E-state index is 12.4. The van der Waals surface area contributed by atoms with Gasteiger partial charge in [-0.3, -0.25) is 14.4 Å². The molecule has 0 saturated carbocycles. The molecule has 4 rings (SSSR count). The van der Waals surface area contributed by atoms with E-state index in [2.05, 4.69) is 10.6 Å². The molecule has 0 aromatic heterocycles. The summed E-state index contributed by atoms with van der Waals surface area (Å²) in [5.74, 6) is 1.00. The van der Waals surface area contributed by atoms with E-state index in [9.17, 15) is 14.4 Å². The van der Waals surface area contributed by atoms with Gasteiger partial charge in [-0.15, -0.1) is 0 Å². The molecule has 2 heterocycles. The van der Waals surface area contributed by atoms with E-state index in [1.165, 1.54) is 0 Å². The Morgan fingerprint density at radius 1 is 0.929 bits per heavy atom. The molecule has 0 radical (unpaired) electrons. The SMILES string of the molecule is O=C(CCC(=O)c1ccc2c(c1)NC(=O)CO2)Nc1ccc2c(c1)OCCO2. The number of hydrogen-bond acceptors (Lipinski definition) is 6. The Kier molecular flexibility index (Phi) is 4.84. The maximum Gasteiger partial charge on any atom is 0.262 e. The normalized spacial score (nSPS) is 14.4. The highest BCUT2D eigenvalue weighted by atomic mass is 16.6. The summed E-state index contributed by atoms with van der Waals surface area (Å²) in [6.45, 7) is 0.921. The van der Waals surface area contributed by atoms with Crippen LogP contribution in [-0.4, -0.2) is 37.4 Å². The Morgan fingerprint density at radius 2 is 1.71 bits per heavy atom. The first-order chi connectivity index (χ1) is 13.6. The van der Waals surface area contributed by atoms with Crippen molar-refractivity contribution in [1.82, 2.24) is 0 Å². The molecule has 0 fully saturated rings. The highest BCUT2D eigenvalue weighted by Gasteiger charge is 2.18. The average molecular weight is 382 g/mol. The second kappa shape index (κ2) is 7.59. The van der Waals surface area contributed by atoms with Crippen LogP contribution in [0.25, 0.3) is 0 Å². The van der Waals surface area contributed by atoms with Crippen LogP contribution >= 0.6 is 0 Å². The number of benzene rings is 2. The van der Waals surface area contributed by atoms with Crippen LogP contribution in [0.1, 0.15) is 23.2 Å². The fourth-order valence-electron chi connectivity index (χ4n) is 2.97. The Bertz CT molecular complexity index is 956. The molecule has 0 bridgehead atoms. The van der Waals surface area contributed by atoms with Gasteiger partial charge >= 0.3 is 0 Å². The number of ether oxygens (including phenoxy) is 3. The van der Waals surface area contributed by atoms with Gasteiger partial charge in [-0.1, -0.05) is 0 Å². The molecule has 0 atom stereocenters. The molecule has 8 nitrogen and oxygen atoms in total. The largest absolute Gasteiger partial charge is 0.486 e. The molecule has 2 aromatic rings.